The van der Waals surface area contributed by atoms with Crippen LogP contribution in [0.1, 0.15) is 41.0 Å². The normalized spacial score (nSPS) is 15.0. The third-order valence-corrected chi connectivity index (χ3v) is 3.05. The monoisotopic (exact) mass is 216 g/mol. The molecule has 0 amide bonds. The van der Waals surface area contributed by atoms with E-state index >= 15 is 0 Å². The molecule has 0 bridgehead atoms. The molecule has 0 aromatic carbocycles. The molecule has 0 rings (SSSR count). The number of nitrogens with two attached hydrogens (primary N) is 1. The van der Waals surface area contributed by atoms with Gasteiger partial charge in [0, 0.05) is 25.7 Å². The summed E-state index contributed by atoms with van der Waals surface area (Å²) in [5, 5.41) is 0. The summed E-state index contributed by atoms with van der Waals surface area (Å²) in [4.78, 5) is 2.43. The molecule has 0 aliphatic carbocycles. The van der Waals surface area contributed by atoms with Crippen LogP contribution in [-0.2, 0) is 4.74 Å². The van der Waals surface area contributed by atoms with Gasteiger partial charge >= 0.3 is 0 Å². The van der Waals surface area contributed by atoms with Gasteiger partial charge < -0.3 is 10.5 Å². The second kappa shape index (κ2) is 6.46. The molecule has 0 heterocycles. The standard InChI is InChI=1S/C12H28N2O/c1-7-14(10(2)3)11(9-13)8-12(4,5)15-6/h10-11H,7-9,13H2,1-6H3. The summed E-state index contributed by atoms with van der Waals surface area (Å²) < 4.78 is 5.46. The van der Waals surface area contributed by atoms with E-state index in [9.17, 15) is 0 Å². The Morgan fingerprint density at radius 3 is 2.13 bits per heavy atom. The van der Waals surface area contributed by atoms with E-state index in [2.05, 4.69) is 39.5 Å². The van der Waals surface area contributed by atoms with Crippen molar-refractivity contribution in [3.05, 3.63) is 0 Å². The first-order chi connectivity index (χ1) is 6.87. The fourth-order valence-corrected chi connectivity index (χ4v) is 2.03. The molecule has 0 fully saturated rings. The van der Waals surface area contributed by atoms with Crippen molar-refractivity contribution >= 4 is 0 Å². The van der Waals surface area contributed by atoms with Gasteiger partial charge in [-0.15, -0.1) is 0 Å². The van der Waals surface area contributed by atoms with Gasteiger partial charge in [0.05, 0.1) is 5.60 Å². The van der Waals surface area contributed by atoms with Crippen LogP contribution in [0.5, 0.6) is 0 Å². The lowest BCUT2D eigenvalue weighted by molar-refractivity contribution is -0.0111. The van der Waals surface area contributed by atoms with Crippen molar-refractivity contribution in [1.29, 1.82) is 0 Å². The Morgan fingerprint density at radius 2 is 1.87 bits per heavy atom. The predicted octanol–water partition coefficient (Wildman–Crippen LogP) is 1.86. The van der Waals surface area contributed by atoms with Crippen molar-refractivity contribution in [3.8, 4) is 0 Å². The quantitative estimate of drug-likeness (QED) is 0.706. The number of hydrogen-bond donors (Lipinski definition) is 1. The van der Waals surface area contributed by atoms with E-state index < -0.39 is 0 Å². The predicted molar refractivity (Wildman–Crippen MR) is 66.1 cm³/mol. The summed E-state index contributed by atoms with van der Waals surface area (Å²) in [6.45, 7) is 12.6. The van der Waals surface area contributed by atoms with Gasteiger partial charge in [-0.25, -0.2) is 0 Å². The minimum Gasteiger partial charge on any atom is -0.379 e. The van der Waals surface area contributed by atoms with E-state index in [0.29, 0.717) is 18.6 Å². The topological polar surface area (TPSA) is 38.5 Å². The molecule has 0 saturated carbocycles. The van der Waals surface area contributed by atoms with Crippen molar-refractivity contribution in [2.45, 2.75) is 58.7 Å². The first-order valence-corrected chi connectivity index (χ1v) is 5.89. The first kappa shape index (κ1) is 14.9. The van der Waals surface area contributed by atoms with Crippen LogP contribution in [0.15, 0.2) is 0 Å². The zero-order chi connectivity index (χ0) is 12.1. The van der Waals surface area contributed by atoms with E-state index in [1.807, 2.05) is 0 Å². The highest BCUT2D eigenvalue weighted by atomic mass is 16.5. The Labute approximate surface area is 95.0 Å². The maximum atomic E-state index is 5.85. The lowest BCUT2D eigenvalue weighted by atomic mass is 9.97. The lowest BCUT2D eigenvalue weighted by Crippen LogP contribution is -2.48. The van der Waals surface area contributed by atoms with Crippen LogP contribution in [0, 0.1) is 0 Å². The molecule has 0 aromatic heterocycles. The van der Waals surface area contributed by atoms with Gasteiger partial charge in [-0.3, -0.25) is 4.90 Å². The van der Waals surface area contributed by atoms with Gasteiger partial charge in [-0.05, 0) is 40.7 Å². The van der Waals surface area contributed by atoms with Crippen LogP contribution in [0.25, 0.3) is 0 Å². The Bertz CT molecular complexity index is 169. The zero-order valence-corrected chi connectivity index (χ0v) is 11.2. The average Bonchev–Trinajstić information content (AvgIpc) is 2.16. The molecule has 1 atom stereocenters. The van der Waals surface area contributed by atoms with Gasteiger partial charge in [0.25, 0.3) is 0 Å². The smallest absolute Gasteiger partial charge is 0.0638 e. The molecular weight excluding hydrogens is 188 g/mol. The van der Waals surface area contributed by atoms with Crippen molar-refractivity contribution in [2.24, 2.45) is 5.73 Å². The van der Waals surface area contributed by atoms with E-state index in [-0.39, 0.29) is 5.60 Å². The van der Waals surface area contributed by atoms with Crippen LogP contribution >= 0.6 is 0 Å². The number of rotatable bonds is 7. The molecular formula is C12H28N2O. The molecule has 3 heteroatoms. The van der Waals surface area contributed by atoms with Gasteiger partial charge in [0.1, 0.15) is 0 Å². The Morgan fingerprint density at radius 1 is 1.33 bits per heavy atom. The van der Waals surface area contributed by atoms with E-state index in [1.54, 1.807) is 7.11 Å². The number of hydrogen-bond acceptors (Lipinski definition) is 3. The van der Waals surface area contributed by atoms with Crippen molar-refractivity contribution < 1.29 is 4.74 Å². The zero-order valence-electron chi connectivity index (χ0n) is 11.2. The van der Waals surface area contributed by atoms with E-state index in [1.165, 1.54) is 0 Å². The Balaban J connectivity index is 4.46. The SMILES string of the molecule is CCN(C(C)C)C(CN)CC(C)(C)OC. The van der Waals surface area contributed by atoms with Gasteiger partial charge in [-0.1, -0.05) is 6.92 Å². The minimum atomic E-state index is -0.0909. The highest BCUT2D eigenvalue weighted by molar-refractivity contribution is 4.82. The number of likely N-dealkylation sites (N-methyl/N-ethyl adjacent to an activating group) is 1. The molecule has 0 aromatic rings. The van der Waals surface area contributed by atoms with E-state index in [0.717, 1.165) is 13.0 Å². The molecule has 3 nitrogen and oxygen atoms in total. The largest absolute Gasteiger partial charge is 0.379 e. The second-order valence-electron chi connectivity index (χ2n) is 4.98. The summed E-state index contributed by atoms with van der Waals surface area (Å²) in [6.07, 6.45) is 0.978. The summed E-state index contributed by atoms with van der Waals surface area (Å²) in [6, 6.07) is 0.946. The van der Waals surface area contributed by atoms with Crippen molar-refractivity contribution in [2.75, 3.05) is 20.2 Å². The molecule has 2 N–H and O–H groups in total. The summed E-state index contributed by atoms with van der Waals surface area (Å²) >= 11 is 0. The fraction of sp³-hybridized carbons (Fsp3) is 1.00. The van der Waals surface area contributed by atoms with Crippen LogP contribution < -0.4 is 5.73 Å². The van der Waals surface area contributed by atoms with Crippen LogP contribution in [-0.4, -0.2) is 42.8 Å². The Kier molecular flexibility index (Phi) is 6.41. The second-order valence-corrected chi connectivity index (χ2v) is 4.98. The summed E-state index contributed by atoms with van der Waals surface area (Å²) in [7, 11) is 1.76. The molecule has 92 valence electrons. The van der Waals surface area contributed by atoms with Gasteiger partial charge in [-0.2, -0.15) is 0 Å². The molecule has 0 aliphatic rings. The molecule has 0 saturated heterocycles. The van der Waals surface area contributed by atoms with Crippen molar-refractivity contribution in [1.82, 2.24) is 4.90 Å². The Hall–Kier alpha value is -0.120. The third kappa shape index (κ3) is 4.96. The minimum absolute atomic E-state index is 0.0909. The lowest BCUT2D eigenvalue weighted by Gasteiger charge is -2.37. The van der Waals surface area contributed by atoms with Gasteiger partial charge in [0.15, 0.2) is 0 Å². The van der Waals surface area contributed by atoms with Gasteiger partial charge in [0.2, 0.25) is 0 Å². The highest BCUT2D eigenvalue weighted by Gasteiger charge is 2.26. The molecule has 0 radical (unpaired) electrons. The fourth-order valence-electron chi connectivity index (χ4n) is 2.03. The average molecular weight is 216 g/mol. The third-order valence-electron chi connectivity index (χ3n) is 3.05. The summed E-state index contributed by atoms with van der Waals surface area (Å²) in [5.74, 6) is 0. The maximum Gasteiger partial charge on any atom is 0.0638 e. The van der Waals surface area contributed by atoms with Crippen LogP contribution in [0.3, 0.4) is 0 Å². The first-order valence-electron chi connectivity index (χ1n) is 5.89. The summed E-state index contributed by atoms with van der Waals surface area (Å²) in [5.41, 5.74) is 5.76. The number of methoxy groups -OCH3 is 1. The molecule has 0 spiro atoms. The van der Waals surface area contributed by atoms with Crippen LogP contribution in [0.2, 0.25) is 0 Å². The maximum absolute atomic E-state index is 5.85. The van der Waals surface area contributed by atoms with Crippen LogP contribution in [0.4, 0.5) is 0 Å². The van der Waals surface area contributed by atoms with Crippen molar-refractivity contribution in [3.63, 3.8) is 0 Å². The molecule has 1 unspecified atom stereocenters. The molecule has 0 aliphatic heterocycles. The van der Waals surface area contributed by atoms with E-state index in [4.69, 9.17) is 10.5 Å². The molecule has 15 heavy (non-hydrogen) atoms. The highest BCUT2D eigenvalue weighted by Crippen LogP contribution is 2.19. The number of ether oxygens (including phenoxy) is 1. The number of nitrogens with zero attached hydrogens (tertiary/aromatic N) is 1.